The highest BCUT2D eigenvalue weighted by Gasteiger charge is 2.17. The van der Waals surface area contributed by atoms with Crippen molar-refractivity contribution in [2.24, 2.45) is 0 Å². The van der Waals surface area contributed by atoms with Gasteiger partial charge in [0, 0.05) is 19.1 Å². The summed E-state index contributed by atoms with van der Waals surface area (Å²) in [5.74, 6) is 0. The molecule has 0 aromatic heterocycles. The molecule has 0 aromatic rings. The van der Waals surface area contributed by atoms with Gasteiger partial charge in [-0.1, -0.05) is 6.08 Å². The normalized spacial score (nSPS) is 22.8. The molecule has 1 unspecified atom stereocenters. The minimum Gasteiger partial charge on any atom is -0.380 e. The third-order valence-corrected chi connectivity index (χ3v) is 2.54. The van der Waals surface area contributed by atoms with Crippen molar-refractivity contribution in [3.63, 3.8) is 0 Å². The molecule has 1 atom stereocenters. The molecule has 0 saturated carbocycles. The second-order valence-corrected chi connectivity index (χ2v) is 3.89. The summed E-state index contributed by atoms with van der Waals surface area (Å²) >= 11 is 0. The maximum absolute atomic E-state index is 5.41. The standard InChI is InChI=1S/C11H22N2O/c1-3-4-8-14-9-6-12-11-5-7-13(2)10-11/h3,11-12H,1,4-10H2,2H3. The number of hydrogen-bond acceptors (Lipinski definition) is 3. The zero-order valence-corrected chi connectivity index (χ0v) is 9.17. The molecule has 14 heavy (non-hydrogen) atoms. The minimum atomic E-state index is 0.669. The van der Waals surface area contributed by atoms with Crippen molar-refractivity contribution in [2.45, 2.75) is 18.9 Å². The molecule has 1 N–H and O–H groups in total. The van der Waals surface area contributed by atoms with Gasteiger partial charge in [0.1, 0.15) is 0 Å². The lowest BCUT2D eigenvalue weighted by Crippen LogP contribution is -2.33. The molecule has 3 heteroatoms. The van der Waals surface area contributed by atoms with E-state index in [4.69, 9.17) is 4.74 Å². The average Bonchev–Trinajstić information content (AvgIpc) is 2.58. The molecule has 0 radical (unpaired) electrons. The van der Waals surface area contributed by atoms with Crippen molar-refractivity contribution in [3.05, 3.63) is 12.7 Å². The lowest BCUT2D eigenvalue weighted by Gasteiger charge is -2.12. The van der Waals surface area contributed by atoms with Crippen molar-refractivity contribution >= 4 is 0 Å². The number of rotatable bonds is 7. The summed E-state index contributed by atoms with van der Waals surface area (Å²) in [6.45, 7) is 8.62. The van der Waals surface area contributed by atoms with Gasteiger partial charge in [0.15, 0.2) is 0 Å². The summed E-state index contributed by atoms with van der Waals surface area (Å²) in [4.78, 5) is 2.36. The molecule has 0 amide bonds. The van der Waals surface area contributed by atoms with E-state index in [9.17, 15) is 0 Å². The van der Waals surface area contributed by atoms with Crippen LogP contribution in [-0.2, 0) is 4.74 Å². The van der Waals surface area contributed by atoms with Gasteiger partial charge in [-0.2, -0.15) is 0 Å². The van der Waals surface area contributed by atoms with E-state index in [0.29, 0.717) is 6.04 Å². The Morgan fingerprint density at radius 2 is 2.43 bits per heavy atom. The van der Waals surface area contributed by atoms with Gasteiger partial charge < -0.3 is 15.0 Å². The van der Waals surface area contributed by atoms with Crippen LogP contribution in [0.15, 0.2) is 12.7 Å². The zero-order chi connectivity index (χ0) is 10.2. The summed E-state index contributed by atoms with van der Waals surface area (Å²) in [5, 5.41) is 3.50. The van der Waals surface area contributed by atoms with Gasteiger partial charge in [-0.25, -0.2) is 0 Å². The first-order valence-electron chi connectivity index (χ1n) is 5.43. The summed E-state index contributed by atoms with van der Waals surface area (Å²) < 4.78 is 5.41. The van der Waals surface area contributed by atoms with Crippen LogP contribution in [-0.4, -0.2) is 50.8 Å². The Morgan fingerprint density at radius 3 is 3.07 bits per heavy atom. The smallest absolute Gasteiger partial charge is 0.0591 e. The van der Waals surface area contributed by atoms with Crippen molar-refractivity contribution in [3.8, 4) is 0 Å². The highest BCUT2D eigenvalue weighted by Crippen LogP contribution is 2.05. The Balaban J connectivity index is 1.86. The molecule has 82 valence electrons. The van der Waals surface area contributed by atoms with Crippen LogP contribution in [0.25, 0.3) is 0 Å². The Kier molecular flexibility index (Phi) is 5.83. The number of likely N-dealkylation sites (N-methyl/N-ethyl adjacent to an activating group) is 1. The van der Waals surface area contributed by atoms with Crippen LogP contribution >= 0.6 is 0 Å². The summed E-state index contributed by atoms with van der Waals surface area (Å²) in [7, 11) is 2.17. The third-order valence-electron chi connectivity index (χ3n) is 2.54. The van der Waals surface area contributed by atoms with E-state index in [2.05, 4.69) is 23.8 Å². The van der Waals surface area contributed by atoms with Crippen molar-refractivity contribution in [2.75, 3.05) is 39.9 Å². The molecule has 0 bridgehead atoms. The van der Waals surface area contributed by atoms with Gasteiger partial charge in [0.05, 0.1) is 13.2 Å². The highest BCUT2D eigenvalue weighted by molar-refractivity contribution is 4.78. The van der Waals surface area contributed by atoms with Crippen LogP contribution in [0.3, 0.4) is 0 Å². The van der Waals surface area contributed by atoms with E-state index in [1.54, 1.807) is 0 Å². The molecule has 1 rings (SSSR count). The van der Waals surface area contributed by atoms with Crippen LogP contribution < -0.4 is 5.32 Å². The summed E-state index contributed by atoms with van der Waals surface area (Å²) in [5.41, 5.74) is 0. The van der Waals surface area contributed by atoms with Crippen LogP contribution in [0.5, 0.6) is 0 Å². The van der Waals surface area contributed by atoms with E-state index in [1.807, 2.05) is 6.08 Å². The molecule has 1 aliphatic rings. The lowest BCUT2D eigenvalue weighted by atomic mass is 10.3. The number of nitrogens with zero attached hydrogens (tertiary/aromatic N) is 1. The largest absolute Gasteiger partial charge is 0.380 e. The fraction of sp³-hybridized carbons (Fsp3) is 0.818. The molecular formula is C11H22N2O. The first-order chi connectivity index (χ1) is 6.83. The fourth-order valence-electron chi connectivity index (χ4n) is 1.71. The van der Waals surface area contributed by atoms with Crippen LogP contribution in [0.1, 0.15) is 12.8 Å². The van der Waals surface area contributed by atoms with Crippen molar-refractivity contribution in [1.29, 1.82) is 0 Å². The Bertz CT molecular complexity index is 161. The number of nitrogens with one attached hydrogen (secondary N) is 1. The van der Waals surface area contributed by atoms with Crippen molar-refractivity contribution < 1.29 is 4.74 Å². The Labute approximate surface area is 87.1 Å². The molecule has 1 saturated heterocycles. The second kappa shape index (κ2) is 6.98. The van der Waals surface area contributed by atoms with Crippen molar-refractivity contribution in [1.82, 2.24) is 10.2 Å². The SMILES string of the molecule is C=CCCOCCNC1CCN(C)C1. The number of ether oxygens (including phenoxy) is 1. The predicted molar refractivity (Wildman–Crippen MR) is 59.5 cm³/mol. The fourth-order valence-corrected chi connectivity index (χ4v) is 1.71. The molecule has 1 aliphatic heterocycles. The van der Waals surface area contributed by atoms with E-state index in [-0.39, 0.29) is 0 Å². The molecule has 3 nitrogen and oxygen atoms in total. The summed E-state index contributed by atoms with van der Waals surface area (Å²) in [6.07, 6.45) is 4.11. The summed E-state index contributed by atoms with van der Waals surface area (Å²) in [6, 6.07) is 0.669. The molecule has 0 aliphatic carbocycles. The van der Waals surface area contributed by atoms with E-state index >= 15 is 0 Å². The van der Waals surface area contributed by atoms with Gasteiger partial charge in [-0.3, -0.25) is 0 Å². The molecular weight excluding hydrogens is 176 g/mol. The average molecular weight is 198 g/mol. The van der Waals surface area contributed by atoms with Crippen LogP contribution in [0.4, 0.5) is 0 Å². The lowest BCUT2D eigenvalue weighted by molar-refractivity contribution is 0.138. The quantitative estimate of drug-likeness (QED) is 0.485. The first kappa shape index (κ1) is 11.7. The van der Waals surface area contributed by atoms with Gasteiger partial charge in [0.25, 0.3) is 0 Å². The van der Waals surface area contributed by atoms with E-state index in [1.165, 1.54) is 19.5 Å². The van der Waals surface area contributed by atoms with Crippen LogP contribution in [0, 0.1) is 0 Å². The van der Waals surface area contributed by atoms with Gasteiger partial charge in [-0.05, 0) is 26.4 Å². The van der Waals surface area contributed by atoms with Gasteiger partial charge in [0.2, 0.25) is 0 Å². The number of hydrogen-bond donors (Lipinski definition) is 1. The monoisotopic (exact) mass is 198 g/mol. The number of likely N-dealkylation sites (tertiary alicyclic amines) is 1. The highest BCUT2D eigenvalue weighted by atomic mass is 16.5. The minimum absolute atomic E-state index is 0.669. The Hall–Kier alpha value is -0.380. The maximum Gasteiger partial charge on any atom is 0.0591 e. The Morgan fingerprint density at radius 1 is 1.57 bits per heavy atom. The van der Waals surface area contributed by atoms with E-state index in [0.717, 1.165) is 26.2 Å². The van der Waals surface area contributed by atoms with E-state index < -0.39 is 0 Å². The third kappa shape index (κ3) is 4.74. The zero-order valence-electron chi connectivity index (χ0n) is 9.17. The molecule has 1 fully saturated rings. The molecule has 0 spiro atoms. The predicted octanol–water partition coefficient (Wildman–Crippen LogP) is 0.873. The maximum atomic E-state index is 5.41. The topological polar surface area (TPSA) is 24.5 Å². The van der Waals surface area contributed by atoms with Crippen LogP contribution in [0.2, 0.25) is 0 Å². The second-order valence-electron chi connectivity index (χ2n) is 3.89. The molecule has 1 heterocycles. The first-order valence-corrected chi connectivity index (χ1v) is 5.43. The van der Waals surface area contributed by atoms with Gasteiger partial charge >= 0.3 is 0 Å². The van der Waals surface area contributed by atoms with Gasteiger partial charge in [-0.15, -0.1) is 6.58 Å². The molecule has 0 aromatic carbocycles.